The van der Waals surface area contributed by atoms with Gasteiger partial charge in [-0.05, 0) is 36.0 Å². The maximum atomic E-state index is 12.6. The van der Waals surface area contributed by atoms with Gasteiger partial charge in [-0.3, -0.25) is 0 Å². The van der Waals surface area contributed by atoms with Crippen LogP contribution >= 0.6 is 0 Å². The van der Waals surface area contributed by atoms with Crippen molar-refractivity contribution in [3.63, 3.8) is 0 Å². The predicted octanol–water partition coefficient (Wildman–Crippen LogP) is 2.97. The first kappa shape index (κ1) is 12.3. The molecule has 2 nitrogen and oxygen atoms in total. The van der Waals surface area contributed by atoms with Crippen LogP contribution in [0.4, 0.5) is 14.5 Å². The Bertz CT molecular complexity index is 376. The first-order valence-electron chi connectivity index (χ1n) is 5.91. The van der Waals surface area contributed by atoms with Crippen molar-refractivity contribution in [2.45, 2.75) is 31.6 Å². The van der Waals surface area contributed by atoms with Gasteiger partial charge in [-0.25, -0.2) is 8.78 Å². The number of hydrogen-bond donors (Lipinski definition) is 1. The molecule has 1 fully saturated rings. The van der Waals surface area contributed by atoms with E-state index in [1.807, 2.05) is 12.1 Å². The van der Waals surface area contributed by atoms with Gasteiger partial charge in [0, 0.05) is 25.3 Å². The Labute approximate surface area is 99.8 Å². The van der Waals surface area contributed by atoms with E-state index in [1.165, 1.54) is 0 Å². The standard InChI is InChI=1S/C13H17F2NO/c14-13(15)8-11-10(2-1-3-12(11)16)9-4-6-17-7-5-9/h1-3,9,13H,4-8,16H2. The summed E-state index contributed by atoms with van der Waals surface area (Å²) in [7, 11) is 0. The van der Waals surface area contributed by atoms with Gasteiger partial charge < -0.3 is 10.5 Å². The Morgan fingerprint density at radius 1 is 1.29 bits per heavy atom. The number of halogens is 2. The Kier molecular flexibility index (Phi) is 3.94. The van der Waals surface area contributed by atoms with Crippen molar-refractivity contribution in [1.29, 1.82) is 0 Å². The van der Waals surface area contributed by atoms with Crippen LogP contribution in [0.5, 0.6) is 0 Å². The minimum Gasteiger partial charge on any atom is -0.398 e. The SMILES string of the molecule is Nc1cccc(C2CCOCC2)c1CC(F)F. The van der Waals surface area contributed by atoms with E-state index < -0.39 is 6.43 Å². The van der Waals surface area contributed by atoms with E-state index in [0.717, 1.165) is 18.4 Å². The minimum absolute atomic E-state index is 0.251. The van der Waals surface area contributed by atoms with Crippen molar-refractivity contribution >= 4 is 5.69 Å². The molecular formula is C13H17F2NO. The lowest BCUT2D eigenvalue weighted by Gasteiger charge is -2.25. The molecule has 1 aromatic carbocycles. The van der Waals surface area contributed by atoms with Crippen LogP contribution in [0, 0.1) is 0 Å². The summed E-state index contributed by atoms with van der Waals surface area (Å²) in [5.41, 5.74) is 7.89. The number of nitrogens with two attached hydrogens (primary N) is 1. The van der Waals surface area contributed by atoms with Crippen molar-refractivity contribution in [2.24, 2.45) is 0 Å². The molecule has 0 aliphatic carbocycles. The van der Waals surface area contributed by atoms with Gasteiger partial charge in [0.05, 0.1) is 0 Å². The zero-order chi connectivity index (χ0) is 12.3. The third-order valence-electron chi connectivity index (χ3n) is 3.27. The van der Waals surface area contributed by atoms with Crippen LogP contribution in [0.3, 0.4) is 0 Å². The fourth-order valence-corrected chi connectivity index (χ4v) is 2.40. The molecule has 1 aromatic rings. The average molecular weight is 241 g/mol. The molecule has 0 saturated carbocycles. The van der Waals surface area contributed by atoms with Gasteiger partial charge in [0.15, 0.2) is 0 Å². The second-order valence-corrected chi connectivity index (χ2v) is 4.40. The molecule has 2 rings (SSSR count). The summed E-state index contributed by atoms with van der Waals surface area (Å²) in [6.07, 6.45) is -0.822. The van der Waals surface area contributed by atoms with E-state index in [-0.39, 0.29) is 6.42 Å². The van der Waals surface area contributed by atoms with Gasteiger partial charge in [-0.1, -0.05) is 12.1 Å². The lowest BCUT2D eigenvalue weighted by molar-refractivity contribution is 0.0848. The van der Waals surface area contributed by atoms with Crippen LogP contribution in [-0.2, 0) is 11.2 Å². The number of alkyl halides is 2. The molecule has 1 aliphatic heterocycles. The zero-order valence-electron chi connectivity index (χ0n) is 9.66. The molecule has 1 heterocycles. The maximum Gasteiger partial charge on any atom is 0.242 e. The Morgan fingerprint density at radius 2 is 2.00 bits per heavy atom. The van der Waals surface area contributed by atoms with Gasteiger partial charge >= 0.3 is 0 Å². The first-order chi connectivity index (χ1) is 8.18. The molecule has 0 spiro atoms. The van der Waals surface area contributed by atoms with E-state index in [4.69, 9.17) is 10.5 Å². The van der Waals surface area contributed by atoms with Crippen LogP contribution in [0.2, 0.25) is 0 Å². The average Bonchev–Trinajstić information content (AvgIpc) is 2.32. The van der Waals surface area contributed by atoms with Crippen LogP contribution in [-0.4, -0.2) is 19.6 Å². The lowest BCUT2D eigenvalue weighted by Crippen LogP contribution is -2.17. The number of rotatable bonds is 3. The second kappa shape index (κ2) is 5.45. The molecule has 0 amide bonds. The van der Waals surface area contributed by atoms with Gasteiger partial charge in [-0.15, -0.1) is 0 Å². The fourth-order valence-electron chi connectivity index (χ4n) is 2.40. The molecule has 4 heteroatoms. The first-order valence-corrected chi connectivity index (χ1v) is 5.91. The predicted molar refractivity (Wildman–Crippen MR) is 63.4 cm³/mol. The quantitative estimate of drug-likeness (QED) is 0.826. The van der Waals surface area contributed by atoms with E-state index in [9.17, 15) is 8.78 Å². The molecule has 0 atom stereocenters. The van der Waals surface area contributed by atoms with E-state index >= 15 is 0 Å². The summed E-state index contributed by atoms with van der Waals surface area (Å²) >= 11 is 0. The number of anilines is 1. The fraction of sp³-hybridized carbons (Fsp3) is 0.538. The Hall–Kier alpha value is -1.16. The third-order valence-corrected chi connectivity index (χ3v) is 3.27. The summed E-state index contributed by atoms with van der Waals surface area (Å²) in [6, 6.07) is 5.46. The van der Waals surface area contributed by atoms with E-state index in [0.29, 0.717) is 30.4 Å². The van der Waals surface area contributed by atoms with E-state index in [2.05, 4.69) is 0 Å². The van der Waals surface area contributed by atoms with Crippen molar-refractivity contribution in [2.75, 3.05) is 18.9 Å². The monoisotopic (exact) mass is 241 g/mol. The van der Waals surface area contributed by atoms with Gasteiger partial charge in [0.1, 0.15) is 0 Å². The minimum atomic E-state index is -2.35. The van der Waals surface area contributed by atoms with Gasteiger partial charge in [-0.2, -0.15) is 0 Å². The molecular weight excluding hydrogens is 224 g/mol. The second-order valence-electron chi connectivity index (χ2n) is 4.40. The van der Waals surface area contributed by atoms with Crippen LogP contribution in [0.15, 0.2) is 18.2 Å². The largest absolute Gasteiger partial charge is 0.398 e. The van der Waals surface area contributed by atoms with Crippen molar-refractivity contribution in [3.05, 3.63) is 29.3 Å². The topological polar surface area (TPSA) is 35.2 Å². The highest BCUT2D eigenvalue weighted by Gasteiger charge is 2.21. The summed E-state index contributed by atoms with van der Waals surface area (Å²) in [6.45, 7) is 1.40. The number of ether oxygens (including phenoxy) is 1. The molecule has 17 heavy (non-hydrogen) atoms. The maximum absolute atomic E-state index is 12.6. The molecule has 0 bridgehead atoms. The molecule has 0 aromatic heterocycles. The number of hydrogen-bond acceptors (Lipinski definition) is 2. The summed E-state index contributed by atoms with van der Waals surface area (Å²) in [5, 5.41) is 0. The molecule has 0 radical (unpaired) electrons. The summed E-state index contributed by atoms with van der Waals surface area (Å²) < 4.78 is 30.4. The summed E-state index contributed by atoms with van der Waals surface area (Å²) in [5.74, 6) is 0.306. The lowest BCUT2D eigenvalue weighted by atomic mass is 9.86. The molecule has 2 N–H and O–H groups in total. The molecule has 0 unspecified atom stereocenters. The Balaban J connectivity index is 2.27. The highest BCUT2D eigenvalue weighted by molar-refractivity contribution is 5.52. The van der Waals surface area contributed by atoms with Gasteiger partial charge in [0.25, 0.3) is 0 Å². The van der Waals surface area contributed by atoms with Crippen LogP contribution in [0.1, 0.15) is 29.9 Å². The van der Waals surface area contributed by atoms with Crippen LogP contribution in [0.25, 0.3) is 0 Å². The molecule has 1 aliphatic rings. The van der Waals surface area contributed by atoms with Crippen LogP contribution < -0.4 is 5.73 Å². The number of benzene rings is 1. The van der Waals surface area contributed by atoms with Crippen molar-refractivity contribution in [1.82, 2.24) is 0 Å². The van der Waals surface area contributed by atoms with Crippen molar-refractivity contribution < 1.29 is 13.5 Å². The zero-order valence-corrected chi connectivity index (χ0v) is 9.66. The summed E-state index contributed by atoms with van der Waals surface area (Å²) in [4.78, 5) is 0. The molecule has 94 valence electrons. The third kappa shape index (κ3) is 2.94. The van der Waals surface area contributed by atoms with Crippen molar-refractivity contribution in [3.8, 4) is 0 Å². The normalized spacial score (nSPS) is 17.6. The van der Waals surface area contributed by atoms with E-state index in [1.54, 1.807) is 6.07 Å². The highest BCUT2D eigenvalue weighted by Crippen LogP contribution is 2.32. The Morgan fingerprint density at radius 3 is 2.65 bits per heavy atom. The smallest absolute Gasteiger partial charge is 0.242 e. The molecule has 1 saturated heterocycles. The highest BCUT2D eigenvalue weighted by atomic mass is 19.3. The number of nitrogen functional groups attached to an aromatic ring is 1. The van der Waals surface area contributed by atoms with Gasteiger partial charge in [0.2, 0.25) is 6.43 Å².